The highest BCUT2D eigenvalue weighted by molar-refractivity contribution is 6.26. The fourth-order valence-electron chi connectivity index (χ4n) is 4.22. The molecule has 3 aromatic rings. The van der Waals surface area contributed by atoms with Gasteiger partial charge in [0.25, 0.3) is 5.56 Å². The molecule has 0 fully saturated rings. The van der Waals surface area contributed by atoms with Gasteiger partial charge in [0.05, 0.1) is 16.6 Å². The molecule has 2 aromatic carbocycles. The van der Waals surface area contributed by atoms with Crippen LogP contribution in [0.3, 0.4) is 0 Å². The minimum absolute atomic E-state index is 0.136. The van der Waals surface area contributed by atoms with E-state index >= 15 is 0 Å². The third-order valence-corrected chi connectivity index (χ3v) is 5.47. The summed E-state index contributed by atoms with van der Waals surface area (Å²) in [4.78, 5) is 50.4. The van der Waals surface area contributed by atoms with E-state index in [9.17, 15) is 19.2 Å². The number of ether oxygens (including phenoxy) is 1. The normalized spacial score (nSPS) is 12.3. The summed E-state index contributed by atoms with van der Waals surface area (Å²) in [6.07, 6.45) is -0.0668. The number of fused-ring (bicyclic) bond motifs is 5. The molecule has 2 N–H and O–H groups in total. The summed E-state index contributed by atoms with van der Waals surface area (Å²) in [6.45, 7) is 7.34. The first-order valence-corrected chi connectivity index (χ1v) is 11.2. The van der Waals surface area contributed by atoms with Crippen molar-refractivity contribution >= 4 is 34.2 Å². The average molecular weight is 462 g/mol. The number of amides is 2. The highest BCUT2D eigenvalue weighted by Gasteiger charge is 2.32. The Morgan fingerprint density at radius 3 is 2.38 bits per heavy atom. The van der Waals surface area contributed by atoms with Gasteiger partial charge in [-0.05, 0) is 39.3 Å². The van der Waals surface area contributed by atoms with Crippen LogP contribution in [0, 0.1) is 0 Å². The van der Waals surface area contributed by atoms with Gasteiger partial charge in [-0.1, -0.05) is 30.3 Å². The van der Waals surface area contributed by atoms with Crippen molar-refractivity contribution in [3.63, 3.8) is 0 Å². The summed E-state index contributed by atoms with van der Waals surface area (Å²) >= 11 is 0. The zero-order chi connectivity index (χ0) is 24.6. The Morgan fingerprint density at radius 1 is 1.00 bits per heavy atom. The van der Waals surface area contributed by atoms with Crippen molar-refractivity contribution in [2.75, 3.05) is 11.9 Å². The Bertz CT molecular complexity index is 1380. The molecule has 1 aliphatic rings. The zero-order valence-corrected chi connectivity index (χ0v) is 19.7. The topological polar surface area (TPSA) is 106 Å². The molecule has 34 heavy (non-hydrogen) atoms. The van der Waals surface area contributed by atoms with E-state index in [0.29, 0.717) is 58.4 Å². The fourth-order valence-corrected chi connectivity index (χ4v) is 4.22. The van der Waals surface area contributed by atoms with Gasteiger partial charge in [-0.2, -0.15) is 0 Å². The van der Waals surface area contributed by atoms with Crippen LogP contribution >= 0.6 is 0 Å². The summed E-state index contributed by atoms with van der Waals surface area (Å²) in [5.41, 5.74) is 1.95. The zero-order valence-electron chi connectivity index (χ0n) is 19.7. The molecule has 2 amide bonds. The van der Waals surface area contributed by atoms with Gasteiger partial charge in [0, 0.05) is 42.2 Å². The number of ketones is 1. The van der Waals surface area contributed by atoms with E-state index in [2.05, 4.69) is 10.6 Å². The third-order valence-electron chi connectivity index (χ3n) is 5.47. The number of aromatic nitrogens is 1. The first-order chi connectivity index (χ1) is 16.1. The number of pyridine rings is 1. The Balaban J connectivity index is 1.74. The molecule has 0 spiro atoms. The molecule has 8 heteroatoms. The van der Waals surface area contributed by atoms with Crippen molar-refractivity contribution in [3.8, 4) is 11.3 Å². The number of alkyl carbamates (subject to hydrolysis) is 1. The SMILES string of the molecule is CC(=O)Nc1ccc2c3c(n(CCCNC(=O)OC(C)(C)C)c(=O)c2c1)-c1ccccc1C3=O. The maximum atomic E-state index is 13.6. The van der Waals surface area contributed by atoms with E-state index in [0.717, 1.165) is 0 Å². The van der Waals surface area contributed by atoms with E-state index in [1.54, 1.807) is 55.7 Å². The maximum Gasteiger partial charge on any atom is 0.407 e. The standard InChI is InChI=1S/C26H27N3O5/c1-15(30)28-16-10-11-17-20(14-16)24(32)29(13-7-12-27-25(33)34-26(2,3)4)22-18-8-5-6-9-19(18)23(31)21(17)22/h5-6,8-11,14H,7,12-13H2,1-4H3,(H,27,33)(H,28,30). The summed E-state index contributed by atoms with van der Waals surface area (Å²) < 4.78 is 6.85. The third kappa shape index (κ3) is 4.44. The Morgan fingerprint density at radius 2 is 1.71 bits per heavy atom. The summed E-state index contributed by atoms with van der Waals surface area (Å²) in [5, 5.41) is 6.30. The largest absolute Gasteiger partial charge is 0.444 e. The van der Waals surface area contributed by atoms with Gasteiger partial charge in [-0.25, -0.2) is 4.79 Å². The molecule has 0 saturated carbocycles. The van der Waals surface area contributed by atoms with E-state index in [4.69, 9.17) is 4.74 Å². The van der Waals surface area contributed by atoms with E-state index in [-0.39, 0.29) is 17.2 Å². The van der Waals surface area contributed by atoms with Crippen molar-refractivity contribution in [1.29, 1.82) is 0 Å². The molecule has 4 rings (SSSR count). The molecule has 1 heterocycles. The van der Waals surface area contributed by atoms with Crippen molar-refractivity contribution in [1.82, 2.24) is 9.88 Å². The Kier molecular flexibility index (Phi) is 6.00. The van der Waals surface area contributed by atoms with Gasteiger partial charge in [-0.15, -0.1) is 0 Å². The van der Waals surface area contributed by atoms with Crippen LogP contribution in [-0.2, 0) is 16.1 Å². The first-order valence-electron chi connectivity index (χ1n) is 11.2. The van der Waals surface area contributed by atoms with Crippen LogP contribution in [0.2, 0.25) is 0 Å². The average Bonchev–Trinajstić information content (AvgIpc) is 3.04. The Labute approximate surface area is 196 Å². The predicted molar refractivity (Wildman–Crippen MR) is 130 cm³/mol. The molecule has 176 valence electrons. The number of rotatable bonds is 5. The predicted octanol–water partition coefficient (Wildman–Crippen LogP) is 4.09. The Hall–Kier alpha value is -3.94. The highest BCUT2D eigenvalue weighted by Crippen LogP contribution is 2.39. The quantitative estimate of drug-likeness (QED) is 0.436. The number of nitrogens with one attached hydrogen (secondary N) is 2. The second-order valence-electron chi connectivity index (χ2n) is 9.28. The maximum absolute atomic E-state index is 13.6. The number of benzene rings is 2. The van der Waals surface area contributed by atoms with Crippen LogP contribution in [0.5, 0.6) is 0 Å². The number of hydrogen-bond donors (Lipinski definition) is 2. The van der Waals surface area contributed by atoms with Gasteiger partial charge in [0.15, 0.2) is 5.78 Å². The minimum Gasteiger partial charge on any atom is -0.444 e. The molecular formula is C26H27N3O5. The molecule has 0 bridgehead atoms. The molecule has 1 aromatic heterocycles. The smallest absolute Gasteiger partial charge is 0.407 e. The highest BCUT2D eigenvalue weighted by atomic mass is 16.6. The number of carbonyl (C=O) groups is 3. The molecule has 0 aliphatic heterocycles. The second kappa shape index (κ2) is 8.78. The number of anilines is 1. The van der Waals surface area contributed by atoms with Gasteiger partial charge >= 0.3 is 6.09 Å². The number of hydrogen-bond acceptors (Lipinski definition) is 5. The van der Waals surface area contributed by atoms with E-state index < -0.39 is 11.7 Å². The minimum atomic E-state index is -0.601. The van der Waals surface area contributed by atoms with Crippen LogP contribution in [0.25, 0.3) is 22.0 Å². The summed E-state index contributed by atoms with van der Waals surface area (Å²) in [7, 11) is 0. The van der Waals surface area contributed by atoms with Crippen molar-refractivity contribution in [3.05, 3.63) is 63.9 Å². The van der Waals surface area contributed by atoms with Gasteiger partial charge in [0.1, 0.15) is 5.60 Å². The summed E-state index contributed by atoms with van der Waals surface area (Å²) in [5.74, 6) is -0.388. The number of nitrogens with zero attached hydrogens (tertiary/aromatic N) is 1. The lowest BCUT2D eigenvalue weighted by Crippen LogP contribution is -2.33. The number of carbonyl (C=O) groups excluding carboxylic acids is 3. The van der Waals surface area contributed by atoms with Gasteiger partial charge in [0.2, 0.25) is 5.91 Å². The molecule has 0 saturated heterocycles. The van der Waals surface area contributed by atoms with Crippen molar-refractivity contribution < 1.29 is 19.1 Å². The molecule has 0 atom stereocenters. The van der Waals surface area contributed by atoms with Crippen LogP contribution in [0.4, 0.5) is 10.5 Å². The fraction of sp³-hybridized carbons (Fsp3) is 0.308. The van der Waals surface area contributed by atoms with E-state index in [1.165, 1.54) is 6.92 Å². The van der Waals surface area contributed by atoms with Crippen LogP contribution in [0.15, 0.2) is 47.3 Å². The van der Waals surface area contributed by atoms with Gasteiger partial charge < -0.3 is 19.9 Å². The second-order valence-corrected chi connectivity index (χ2v) is 9.28. The lowest BCUT2D eigenvalue weighted by Gasteiger charge is -2.20. The van der Waals surface area contributed by atoms with Crippen LogP contribution < -0.4 is 16.2 Å². The lowest BCUT2D eigenvalue weighted by molar-refractivity contribution is -0.114. The van der Waals surface area contributed by atoms with Crippen LogP contribution in [0.1, 0.15) is 50.0 Å². The molecule has 1 aliphatic carbocycles. The molecule has 0 unspecified atom stereocenters. The molecule has 0 radical (unpaired) electrons. The first kappa shape index (κ1) is 23.2. The summed E-state index contributed by atoms with van der Waals surface area (Å²) in [6, 6.07) is 12.2. The van der Waals surface area contributed by atoms with E-state index in [1.807, 2.05) is 12.1 Å². The van der Waals surface area contributed by atoms with Crippen molar-refractivity contribution in [2.24, 2.45) is 0 Å². The van der Waals surface area contributed by atoms with Crippen molar-refractivity contribution in [2.45, 2.75) is 46.3 Å². The van der Waals surface area contributed by atoms with Gasteiger partial charge in [-0.3, -0.25) is 14.4 Å². The van der Waals surface area contributed by atoms with Crippen LogP contribution in [-0.4, -0.2) is 34.5 Å². The monoisotopic (exact) mass is 461 g/mol. The molecule has 8 nitrogen and oxygen atoms in total. The molecular weight excluding hydrogens is 434 g/mol. The lowest BCUT2D eigenvalue weighted by atomic mass is 10.0.